The van der Waals surface area contributed by atoms with Gasteiger partial charge in [-0.15, -0.1) is 0 Å². The van der Waals surface area contributed by atoms with Crippen molar-refractivity contribution < 1.29 is 9.53 Å². The summed E-state index contributed by atoms with van der Waals surface area (Å²) < 4.78 is 5.49. The predicted molar refractivity (Wildman–Crippen MR) is 65.1 cm³/mol. The van der Waals surface area contributed by atoms with Crippen LogP contribution < -0.4 is 10.1 Å². The van der Waals surface area contributed by atoms with E-state index >= 15 is 0 Å². The topological polar surface area (TPSA) is 67.0 Å². The largest absolute Gasteiger partial charge is 0.492 e. The Balaban J connectivity index is 1.67. The summed E-state index contributed by atoms with van der Waals surface area (Å²) in [5, 5.41) is 2.88. The van der Waals surface area contributed by atoms with Gasteiger partial charge < -0.3 is 15.0 Å². The van der Waals surface area contributed by atoms with Gasteiger partial charge >= 0.3 is 0 Å². The van der Waals surface area contributed by atoms with E-state index in [2.05, 4.69) is 15.3 Å². The number of para-hydroxylation sites is 1. The Morgan fingerprint density at radius 2 is 2.39 bits per heavy atom. The molecule has 0 spiro atoms. The van der Waals surface area contributed by atoms with E-state index in [1.165, 1.54) is 0 Å². The van der Waals surface area contributed by atoms with Crippen molar-refractivity contribution in [2.45, 2.75) is 12.5 Å². The number of rotatable bonds is 3. The molecule has 1 atom stereocenters. The molecule has 1 aliphatic rings. The number of aromatic nitrogens is 2. The fourth-order valence-corrected chi connectivity index (χ4v) is 2.07. The number of hydrogen-bond donors (Lipinski definition) is 2. The van der Waals surface area contributed by atoms with E-state index in [0.717, 1.165) is 17.0 Å². The van der Waals surface area contributed by atoms with Crippen LogP contribution in [0.2, 0.25) is 0 Å². The number of ether oxygens (including phenoxy) is 1. The van der Waals surface area contributed by atoms with Crippen LogP contribution in [0.5, 0.6) is 5.75 Å². The maximum atomic E-state index is 12.1. The lowest BCUT2D eigenvalue weighted by atomic mass is 10.0. The number of fused-ring (bicyclic) bond motifs is 1. The number of carbonyl (C=O) groups is 1. The molecule has 1 aromatic heterocycles. The fraction of sp³-hybridized carbons (Fsp3) is 0.231. The van der Waals surface area contributed by atoms with Crippen molar-refractivity contribution in [2.24, 2.45) is 0 Å². The maximum absolute atomic E-state index is 12.1. The summed E-state index contributed by atoms with van der Waals surface area (Å²) in [6.45, 7) is 0.867. The molecule has 3 rings (SSSR count). The molecule has 92 valence electrons. The first-order chi connectivity index (χ1) is 8.84. The number of H-pyrrole nitrogens is 1. The van der Waals surface area contributed by atoms with Gasteiger partial charge in [0, 0.05) is 11.8 Å². The van der Waals surface area contributed by atoms with Crippen LogP contribution in [0.1, 0.15) is 17.2 Å². The third-order valence-corrected chi connectivity index (χ3v) is 3.02. The van der Waals surface area contributed by atoms with E-state index in [-0.39, 0.29) is 11.8 Å². The molecule has 0 bridgehead atoms. The Labute approximate surface area is 104 Å². The van der Waals surface area contributed by atoms with Crippen molar-refractivity contribution in [1.29, 1.82) is 0 Å². The normalized spacial score (nSPS) is 17.0. The maximum Gasteiger partial charge on any atom is 0.231 e. The van der Waals surface area contributed by atoms with Gasteiger partial charge in [-0.1, -0.05) is 18.2 Å². The highest BCUT2D eigenvalue weighted by molar-refractivity contribution is 5.85. The summed E-state index contributed by atoms with van der Waals surface area (Å²) >= 11 is 0. The summed E-state index contributed by atoms with van der Waals surface area (Å²) in [5.74, 6) is 0.567. The van der Waals surface area contributed by atoms with Crippen LogP contribution in [0.3, 0.4) is 0 Å². The van der Waals surface area contributed by atoms with Gasteiger partial charge in [-0.2, -0.15) is 0 Å². The monoisotopic (exact) mass is 243 g/mol. The van der Waals surface area contributed by atoms with Crippen LogP contribution in [-0.2, 0) is 11.3 Å². The molecule has 0 aliphatic carbocycles. The summed E-state index contributed by atoms with van der Waals surface area (Å²) in [6, 6.07) is 7.65. The highest BCUT2D eigenvalue weighted by atomic mass is 16.5. The molecule has 0 saturated heterocycles. The number of nitrogens with zero attached hydrogens (tertiary/aromatic N) is 1. The van der Waals surface area contributed by atoms with Gasteiger partial charge in [0.25, 0.3) is 0 Å². The smallest absolute Gasteiger partial charge is 0.231 e. The molecule has 1 amide bonds. The Morgan fingerprint density at radius 1 is 1.50 bits per heavy atom. The van der Waals surface area contributed by atoms with E-state index in [4.69, 9.17) is 4.74 Å². The molecule has 1 aliphatic heterocycles. The lowest BCUT2D eigenvalue weighted by molar-refractivity contribution is -0.122. The van der Waals surface area contributed by atoms with Crippen LogP contribution in [0, 0.1) is 0 Å². The number of amides is 1. The average molecular weight is 243 g/mol. The molecule has 0 radical (unpaired) electrons. The number of carbonyl (C=O) groups excluding carboxylic acids is 1. The second kappa shape index (κ2) is 4.52. The van der Waals surface area contributed by atoms with Gasteiger partial charge in [-0.05, 0) is 6.07 Å². The lowest BCUT2D eigenvalue weighted by Gasteiger charge is -2.09. The van der Waals surface area contributed by atoms with Crippen LogP contribution in [0.4, 0.5) is 0 Å². The summed E-state index contributed by atoms with van der Waals surface area (Å²) in [7, 11) is 0. The van der Waals surface area contributed by atoms with Gasteiger partial charge in [0.15, 0.2) is 0 Å². The first kappa shape index (κ1) is 10.8. The zero-order valence-corrected chi connectivity index (χ0v) is 9.72. The molecular weight excluding hydrogens is 230 g/mol. The minimum Gasteiger partial charge on any atom is -0.492 e. The Kier molecular flexibility index (Phi) is 2.72. The summed E-state index contributed by atoms with van der Waals surface area (Å²) in [4.78, 5) is 18.9. The molecule has 5 nitrogen and oxygen atoms in total. The summed E-state index contributed by atoms with van der Waals surface area (Å²) in [6.07, 6.45) is 3.29. The Hall–Kier alpha value is -2.30. The number of aromatic amines is 1. The highest BCUT2D eigenvalue weighted by Gasteiger charge is 2.29. The third-order valence-electron chi connectivity index (χ3n) is 3.02. The van der Waals surface area contributed by atoms with E-state index < -0.39 is 0 Å². The highest BCUT2D eigenvalue weighted by Crippen LogP contribution is 2.33. The molecule has 2 heterocycles. The Morgan fingerprint density at radius 3 is 3.22 bits per heavy atom. The second-order valence-corrected chi connectivity index (χ2v) is 4.20. The van der Waals surface area contributed by atoms with Crippen LogP contribution in [0.25, 0.3) is 0 Å². The van der Waals surface area contributed by atoms with Crippen molar-refractivity contribution in [3.8, 4) is 5.75 Å². The van der Waals surface area contributed by atoms with Crippen LogP contribution in [-0.4, -0.2) is 22.5 Å². The van der Waals surface area contributed by atoms with Crippen LogP contribution in [0.15, 0.2) is 36.8 Å². The van der Waals surface area contributed by atoms with Gasteiger partial charge in [0.05, 0.1) is 18.6 Å². The van der Waals surface area contributed by atoms with E-state index in [1.54, 1.807) is 12.5 Å². The number of nitrogens with one attached hydrogen (secondary N) is 2. The van der Waals surface area contributed by atoms with E-state index in [0.29, 0.717) is 13.2 Å². The molecule has 2 N–H and O–H groups in total. The van der Waals surface area contributed by atoms with Crippen molar-refractivity contribution in [2.75, 3.05) is 6.61 Å². The van der Waals surface area contributed by atoms with Gasteiger partial charge in [-0.3, -0.25) is 4.79 Å². The first-order valence-corrected chi connectivity index (χ1v) is 5.81. The zero-order chi connectivity index (χ0) is 12.4. The molecule has 18 heavy (non-hydrogen) atoms. The number of imidazole rings is 1. The zero-order valence-electron chi connectivity index (χ0n) is 9.72. The second-order valence-electron chi connectivity index (χ2n) is 4.20. The Bertz CT molecular complexity index is 551. The van der Waals surface area contributed by atoms with E-state index in [9.17, 15) is 4.79 Å². The summed E-state index contributed by atoms with van der Waals surface area (Å²) in [5.41, 5.74) is 1.84. The fourth-order valence-electron chi connectivity index (χ4n) is 2.07. The molecule has 0 fully saturated rings. The molecule has 0 saturated carbocycles. The van der Waals surface area contributed by atoms with Crippen molar-refractivity contribution >= 4 is 5.91 Å². The average Bonchev–Trinajstić information content (AvgIpc) is 3.05. The quantitative estimate of drug-likeness (QED) is 0.851. The van der Waals surface area contributed by atoms with E-state index in [1.807, 2.05) is 24.3 Å². The minimum atomic E-state index is -0.218. The first-order valence-electron chi connectivity index (χ1n) is 5.81. The van der Waals surface area contributed by atoms with Gasteiger partial charge in [0.2, 0.25) is 5.91 Å². The minimum absolute atomic E-state index is 0.0189. The number of benzene rings is 1. The van der Waals surface area contributed by atoms with Gasteiger partial charge in [-0.25, -0.2) is 4.98 Å². The SMILES string of the molecule is O=C(NCc1cnc[nH]1)C1COc2ccccc21. The molecule has 5 heteroatoms. The van der Waals surface area contributed by atoms with Crippen molar-refractivity contribution in [1.82, 2.24) is 15.3 Å². The molecule has 1 aromatic carbocycles. The lowest BCUT2D eigenvalue weighted by Crippen LogP contribution is -2.29. The number of hydrogen-bond acceptors (Lipinski definition) is 3. The molecule has 1 unspecified atom stereocenters. The molecule has 2 aromatic rings. The van der Waals surface area contributed by atoms with Crippen molar-refractivity contribution in [3.05, 3.63) is 48.0 Å². The van der Waals surface area contributed by atoms with Gasteiger partial charge in [0.1, 0.15) is 18.3 Å². The predicted octanol–water partition coefficient (Wildman–Crippen LogP) is 1.20. The standard InChI is InChI=1S/C13H13N3O2/c17-13(15-6-9-5-14-8-16-9)11-7-18-12-4-2-1-3-10(11)12/h1-5,8,11H,6-7H2,(H,14,16)(H,15,17). The van der Waals surface area contributed by atoms with Crippen LogP contribution >= 0.6 is 0 Å². The third kappa shape index (κ3) is 1.95. The van der Waals surface area contributed by atoms with Crippen molar-refractivity contribution in [3.63, 3.8) is 0 Å². The molecular formula is C13H13N3O2.